The predicted octanol–water partition coefficient (Wildman–Crippen LogP) is 21.7. The van der Waals surface area contributed by atoms with Crippen molar-refractivity contribution in [1.29, 1.82) is 0 Å². The Bertz CT molecular complexity index is 1760. The predicted molar refractivity (Wildman–Crippen MR) is 338 cm³/mol. The van der Waals surface area contributed by atoms with Gasteiger partial charge in [0.25, 0.3) is 0 Å². The third-order valence-corrected chi connectivity index (χ3v) is 12.8. The molecule has 0 bridgehead atoms. The van der Waals surface area contributed by atoms with Crippen LogP contribution < -0.4 is 0 Å². The van der Waals surface area contributed by atoms with E-state index >= 15 is 0 Å². The first-order valence-electron chi connectivity index (χ1n) is 31.5. The molecule has 0 aliphatic carbocycles. The summed E-state index contributed by atoms with van der Waals surface area (Å²) in [5, 5.41) is 0. The van der Waals surface area contributed by atoms with Crippen molar-refractivity contribution in [1.82, 2.24) is 0 Å². The number of unbranched alkanes of at least 4 members (excludes halogenated alkanes) is 18. The Kier molecular flexibility index (Phi) is 60.4. The van der Waals surface area contributed by atoms with E-state index in [9.17, 15) is 14.4 Å². The summed E-state index contributed by atoms with van der Waals surface area (Å²) < 4.78 is 16.8. The smallest absolute Gasteiger partial charge is 0.306 e. The quantitative estimate of drug-likeness (QED) is 0.0261. The molecule has 0 rings (SSSR count). The maximum Gasteiger partial charge on any atom is 0.306 e. The lowest BCUT2D eigenvalue weighted by Crippen LogP contribution is -2.30. The molecule has 0 aromatic rings. The van der Waals surface area contributed by atoms with E-state index in [0.29, 0.717) is 19.3 Å². The number of esters is 3. The lowest BCUT2D eigenvalue weighted by atomic mass is 10.1. The summed E-state index contributed by atoms with van der Waals surface area (Å²) in [6, 6.07) is 0. The van der Waals surface area contributed by atoms with Gasteiger partial charge in [-0.3, -0.25) is 14.4 Å². The zero-order valence-corrected chi connectivity index (χ0v) is 50.1. The van der Waals surface area contributed by atoms with Crippen LogP contribution in [0.2, 0.25) is 0 Å². The number of allylic oxidation sites excluding steroid dienone is 26. The van der Waals surface area contributed by atoms with Crippen molar-refractivity contribution < 1.29 is 28.6 Å². The molecule has 0 saturated heterocycles. The first kappa shape index (κ1) is 73.0. The fourth-order valence-corrected chi connectivity index (χ4v) is 8.11. The number of rotatable bonds is 55. The second kappa shape index (κ2) is 64.6. The largest absolute Gasteiger partial charge is 0.462 e. The lowest BCUT2D eigenvalue weighted by Gasteiger charge is -2.18. The van der Waals surface area contributed by atoms with Crippen LogP contribution in [-0.4, -0.2) is 37.2 Å². The molecule has 78 heavy (non-hydrogen) atoms. The van der Waals surface area contributed by atoms with Crippen molar-refractivity contribution in [2.45, 2.75) is 264 Å². The van der Waals surface area contributed by atoms with E-state index in [-0.39, 0.29) is 31.6 Å². The van der Waals surface area contributed by atoms with E-state index < -0.39 is 12.1 Å². The van der Waals surface area contributed by atoms with Gasteiger partial charge < -0.3 is 14.2 Å². The summed E-state index contributed by atoms with van der Waals surface area (Å²) >= 11 is 0. The fraction of sp³-hybridized carbons (Fsp3) is 0.597. The molecule has 0 fully saturated rings. The van der Waals surface area contributed by atoms with Crippen LogP contribution in [-0.2, 0) is 28.6 Å². The van der Waals surface area contributed by atoms with E-state index in [1.807, 2.05) is 12.2 Å². The Morgan fingerprint density at radius 3 is 0.846 bits per heavy atom. The molecule has 0 amide bonds. The zero-order valence-electron chi connectivity index (χ0n) is 50.1. The number of hydrogen-bond acceptors (Lipinski definition) is 6. The molecular weight excluding hydrogens is 961 g/mol. The van der Waals surface area contributed by atoms with Gasteiger partial charge >= 0.3 is 17.9 Å². The molecule has 0 aliphatic heterocycles. The van der Waals surface area contributed by atoms with E-state index in [2.05, 4.69) is 167 Å². The van der Waals surface area contributed by atoms with Gasteiger partial charge in [0.2, 0.25) is 0 Å². The van der Waals surface area contributed by atoms with Crippen molar-refractivity contribution in [3.05, 3.63) is 158 Å². The molecule has 0 aliphatic rings. The van der Waals surface area contributed by atoms with Gasteiger partial charge in [0.15, 0.2) is 6.10 Å². The highest BCUT2D eigenvalue weighted by molar-refractivity contribution is 5.71. The van der Waals surface area contributed by atoms with Gasteiger partial charge in [0.05, 0.1) is 0 Å². The SMILES string of the molecule is CC/C=C\C/C=C\C/C=C\C/C=C\C/C=C\C/C=C\CCCCCCC(=O)OCC(COC(=O)CCCCCCCCC/C=C\CCCCCCCCC)OC(=O)CC/C=C\C/C=C\C/C=C\C/C=C\C/C=C\C/C=C\CC. The molecule has 1 unspecified atom stereocenters. The standard InChI is InChI=1S/C72H114O6/c1-4-7-10-13-16-19-22-25-28-31-34-35-36-37-39-41-44-47-50-53-56-59-62-65-71(74)77-68-69(67-76-70(73)64-61-58-55-52-49-46-43-40-33-30-27-24-21-18-15-12-9-6-3)78-72(75)66-63-60-57-54-51-48-45-42-38-32-29-26-23-20-17-14-11-8-5-2/h7-8,10-11,16-17,19-20,25-26,28-30,33-35,37-39,42,44,47-48,51,57,60,69H,4-6,9,12-15,18,21-24,27,31-32,36,40-41,43,45-46,49-50,52-56,58-59,61-68H2,1-3H3/b10-7-,11-8-,19-16-,20-17-,28-25-,29-26-,33-30-,35-34-,39-37-,42-38-,47-44-,51-48-,60-57-. The minimum absolute atomic E-state index is 0.125. The van der Waals surface area contributed by atoms with Gasteiger partial charge in [-0.1, -0.05) is 262 Å². The van der Waals surface area contributed by atoms with Crippen LogP contribution in [0.1, 0.15) is 258 Å². The Hall–Kier alpha value is -4.97. The number of ether oxygens (including phenoxy) is 3. The zero-order chi connectivity index (χ0) is 56.4. The van der Waals surface area contributed by atoms with Gasteiger partial charge in [-0.2, -0.15) is 0 Å². The van der Waals surface area contributed by atoms with Gasteiger partial charge in [-0.05, 0) is 135 Å². The lowest BCUT2D eigenvalue weighted by molar-refractivity contribution is -0.166. The Balaban J connectivity index is 4.57. The summed E-state index contributed by atoms with van der Waals surface area (Å²) in [6.45, 7) is 6.32. The summed E-state index contributed by atoms with van der Waals surface area (Å²) in [5.41, 5.74) is 0. The Labute approximate surface area is 480 Å². The average Bonchev–Trinajstić information content (AvgIpc) is 3.44. The van der Waals surface area contributed by atoms with Crippen LogP contribution in [0.25, 0.3) is 0 Å². The van der Waals surface area contributed by atoms with Crippen LogP contribution in [0.15, 0.2) is 158 Å². The molecule has 438 valence electrons. The molecular formula is C72H114O6. The van der Waals surface area contributed by atoms with Crippen LogP contribution in [0.5, 0.6) is 0 Å². The van der Waals surface area contributed by atoms with Crippen molar-refractivity contribution >= 4 is 17.9 Å². The molecule has 6 nitrogen and oxygen atoms in total. The Morgan fingerprint density at radius 2 is 0.526 bits per heavy atom. The van der Waals surface area contributed by atoms with Crippen LogP contribution >= 0.6 is 0 Å². The summed E-state index contributed by atoms with van der Waals surface area (Å²) in [5.74, 6) is -1.04. The molecule has 0 saturated carbocycles. The molecule has 1 atom stereocenters. The topological polar surface area (TPSA) is 78.9 Å². The monoisotopic (exact) mass is 1070 g/mol. The summed E-state index contributed by atoms with van der Waals surface area (Å²) in [7, 11) is 0. The molecule has 0 heterocycles. The molecule has 6 heteroatoms. The van der Waals surface area contributed by atoms with Gasteiger partial charge in [0, 0.05) is 19.3 Å². The minimum atomic E-state index is -0.841. The van der Waals surface area contributed by atoms with E-state index in [1.165, 1.54) is 83.5 Å². The summed E-state index contributed by atoms with van der Waals surface area (Å²) in [4.78, 5) is 38.3. The van der Waals surface area contributed by atoms with Gasteiger partial charge in [0.1, 0.15) is 13.2 Å². The van der Waals surface area contributed by atoms with E-state index in [1.54, 1.807) is 0 Å². The van der Waals surface area contributed by atoms with Gasteiger partial charge in [-0.15, -0.1) is 0 Å². The van der Waals surface area contributed by atoms with Gasteiger partial charge in [-0.25, -0.2) is 0 Å². The fourth-order valence-electron chi connectivity index (χ4n) is 8.11. The van der Waals surface area contributed by atoms with Crippen molar-refractivity contribution in [2.75, 3.05) is 13.2 Å². The number of hydrogen-bond donors (Lipinski definition) is 0. The maximum atomic E-state index is 12.9. The van der Waals surface area contributed by atoms with Crippen LogP contribution in [0.4, 0.5) is 0 Å². The van der Waals surface area contributed by atoms with E-state index in [4.69, 9.17) is 14.2 Å². The molecule has 0 spiro atoms. The van der Waals surface area contributed by atoms with Crippen LogP contribution in [0, 0.1) is 0 Å². The first-order valence-corrected chi connectivity index (χ1v) is 31.5. The summed E-state index contributed by atoms with van der Waals surface area (Å²) in [6.07, 6.45) is 93.9. The number of carbonyl (C=O) groups excluding carboxylic acids is 3. The average molecular weight is 1080 g/mol. The third kappa shape index (κ3) is 61.9. The van der Waals surface area contributed by atoms with Crippen molar-refractivity contribution in [3.8, 4) is 0 Å². The third-order valence-electron chi connectivity index (χ3n) is 12.8. The molecule has 0 N–H and O–H groups in total. The first-order chi connectivity index (χ1) is 38.5. The minimum Gasteiger partial charge on any atom is -0.462 e. The van der Waals surface area contributed by atoms with Crippen LogP contribution in [0.3, 0.4) is 0 Å². The van der Waals surface area contributed by atoms with E-state index in [0.717, 1.165) is 128 Å². The normalized spacial score (nSPS) is 13.2. The second-order valence-electron chi connectivity index (χ2n) is 20.2. The Morgan fingerprint density at radius 1 is 0.269 bits per heavy atom. The van der Waals surface area contributed by atoms with Crippen molar-refractivity contribution in [2.24, 2.45) is 0 Å². The number of carbonyl (C=O) groups is 3. The van der Waals surface area contributed by atoms with Crippen molar-refractivity contribution in [3.63, 3.8) is 0 Å². The second-order valence-corrected chi connectivity index (χ2v) is 20.2. The maximum absolute atomic E-state index is 12.9. The molecule has 0 radical (unpaired) electrons. The molecule has 0 aromatic heterocycles. The highest BCUT2D eigenvalue weighted by Crippen LogP contribution is 2.14. The highest BCUT2D eigenvalue weighted by Gasteiger charge is 2.19. The molecule has 0 aromatic carbocycles. The highest BCUT2D eigenvalue weighted by atomic mass is 16.6.